The number of aromatic nitrogens is 2. The highest BCUT2D eigenvalue weighted by Gasteiger charge is 2.25. The average molecular weight is 357 g/mol. The van der Waals surface area contributed by atoms with Crippen LogP contribution in [0.2, 0.25) is 0 Å². The molecule has 1 amide bonds. The fraction of sp³-hybridized carbons (Fsp3) is 0.333. The summed E-state index contributed by atoms with van der Waals surface area (Å²) >= 11 is 2.20. The number of nitrogens with zero attached hydrogens (tertiary/aromatic N) is 3. The number of imidazole rings is 1. The van der Waals surface area contributed by atoms with Gasteiger partial charge in [-0.25, -0.2) is 4.98 Å². The molecule has 18 heavy (non-hydrogen) atoms. The van der Waals surface area contributed by atoms with Crippen LogP contribution in [0.25, 0.3) is 5.65 Å². The van der Waals surface area contributed by atoms with E-state index in [1.165, 1.54) is 0 Å². The van der Waals surface area contributed by atoms with Crippen LogP contribution in [0.4, 0.5) is 0 Å². The predicted molar refractivity (Wildman–Crippen MR) is 74.4 cm³/mol. The Morgan fingerprint density at radius 1 is 1.56 bits per heavy atom. The van der Waals surface area contributed by atoms with E-state index in [4.69, 9.17) is 0 Å². The van der Waals surface area contributed by atoms with Crippen molar-refractivity contribution in [1.82, 2.24) is 14.3 Å². The van der Waals surface area contributed by atoms with Gasteiger partial charge in [-0.15, -0.1) is 0 Å². The molecule has 1 unspecified atom stereocenters. The maximum Gasteiger partial charge on any atom is 0.254 e. The van der Waals surface area contributed by atoms with Crippen molar-refractivity contribution in [2.24, 2.45) is 0 Å². The van der Waals surface area contributed by atoms with Gasteiger partial charge in [-0.1, -0.05) is 0 Å². The van der Waals surface area contributed by atoms with Gasteiger partial charge in [0.05, 0.1) is 12.3 Å². The SMILES string of the molecule is O=C(c1ccn2c(I)cnc2c1)N1CCC(O)C1. The maximum atomic E-state index is 12.2. The van der Waals surface area contributed by atoms with Crippen LogP contribution in [0.5, 0.6) is 0 Å². The molecule has 0 aromatic carbocycles. The minimum Gasteiger partial charge on any atom is -0.391 e. The van der Waals surface area contributed by atoms with Crippen molar-refractivity contribution < 1.29 is 9.90 Å². The second-order valence-electron chi connectivity index (χ2n) is 4.42. The van der Waals surface area contributed by atoms with Crippen LogP contribution in [0.1, 0.15) is 16.8 Å². The molecule has 1 saturated heterocycles. The first-order valence-electron chi connectivity index (χ1n) is 5.75. The van der Waals surface area contributed by atoms with Crippen LogP contribution >= 0.6 is 22.6 Å². The Hall–Kier alpha value is -1.15. The molecule has 0 spiro atoms. The Kier molecular flexibility index (Phi) is 2.98. The molecule has 0 bridgehead atoms. The van der Waals surface area contributed by atoms with Gasteiger partial charge in [0.1, 0.15) is 9.35 Å². The molecule has 0 aliphatic carbocycles. The van der Waals surface area contributed by atoms with Gasteiger partial charge >= 0.3 is 0 Å². The molecule has 1 fully saturated rings. The number of halogens is 1. The Labute approximate surface area is 118 Å². The summed E-state index contributed by atoms with van der Waals surface area (Å²) < 4.78 is 2.94. The van der Waals surface area contributed by atoms with Gasteiger partial charge in [-0.3, -0.25) is 9.20 Å². The molecule has 6 heteroatoms. The van der Waals surface area contributed by atoms with E-state index in [1.807, 2.05) is 10.6 Å². The Bertz CT molecular complexity index is 610. The summed E-state index contributed by atoms with van der Waals surface area (Å²) in [6.45, 7) is 1.05. The summed E-state index contributed by atoms with van der Waals surface area (Å²) in [5, 5.41) is 9.46. The van der Waals surface area contributed by atoms with E-state index >= 15 is 0 Å². The maximum absolute atomic E-state index is 12.2. The first kappa shape index (κ1) is 11.9. The number of amides is 1. The number of pyridine rings is 1. The number of β-amino-alcohol motifs (C(OH)–C–C–N with tert-alkyl or cyclic N) is 1. The van der Waals surface area contributed by atoms with E-state index in [0.717, 1.165) is 9.35 Å². The van der Waals surface area contributed by atoms with Gasteiger partial charge in [0.15, 0.2) is 0 Å². The molecule has 0 radical (unpaired) electrons. The largest absolute Gasteiger partial charge is 0.391 e. The molecule has 2 aromatic rings. The molecule has 5 nitrogen and oxygen atoms in total. The van der Waals surface area contributed by atoms with Crippen molar-refractivity contribution in [2.75, 3.05) is 13.1 Å². The van der Waals surface area contributed by atoms with Crippen LogP contribution in [0.3, 0.4) is 0 Å². The molecule has 3 rings (SSSR count). The zero-order chi connectivity index (χ0) is 12.7. The predicted octanol–water partition coefficient (Wildman–Crippen LogP) is 1.15. The molecule has 1 atom stereocenters. The number of rotatable bonds is 1. The third-order valence-corrected chi connectivity index (χ3v) is 3.96. The number of aliphatic hydroxyl groups excluding tert-OH is 1. The molecule has 1 aliphatic rings. The fourth-order valence-electron chi connectivity index (χ4n) is 2.19. The molecule has 94 valence electrons. The van der Waals surface area contributed by atoms with E-state index in [2.05, 4.69) is 27.6 Å². The minimum atomic E-state index is -0.384. The van der Waals surface area contributed by atoms with E-state index in [0.29, 0.717) is 25.1 Å². The fourth-order valence-corrected chi connectivity index (χ4v) is 2.74. The zero-order valence-corrected chi connectivity index (χ0v) is 11.7. The smallest absolute Gasteiger partial charge is 0.254 e. The van der Waals surface area contributed by atoms with Crippen LogP contribution in [0, 0.1) is 3.70 Å². The minimum absolute atomic E-state index is 0.0351. The average Bonchev–Trinajstić information content (AvgIpc) is 2.95. The summed E-state index contributed by atoms with van der Waals surface area (Å²) in [5.74, 6) is -0.0351. The van der Waals surface area contributed by atoms with Crippen molar-refractivity contribution in [1.29, 1.82) is 0 Å². The van der Waals surface area contributed by atoms with Crippen LogP contribution in [-0.2, 0) is 0 Å². The lowest BCUT2D eigenvalue weighted by Gasteiger charge is -2.15. The third-order valence-electron chi connectivity index (χ3n) is 3.17. The van der Waals surface area contributed by atoms with Gasteiger partial charge in [-0.2, -0.15) is 0 Å². The van der Waals surface area contributed by atoms with Crippen molar-refractivity contribution in [2.45, 2.75) is 12.5 Å². The lowest BCUT2D eigenvalue weighted by molar-refractivity contribution is 0.0765. The number of carbonyl (C=O) groups excluding carboxylic acids is 1. The Morgan fingerprint density at radius 2 is 2.39 bits per heavy atom. The number of aliphatic hydroxyl groups is 1. The quantitative estimate of drug-likeness (QED) is 0.779. The van der Waals surface area contributed by atoms with Gasteiger partial charge in [0.25, 0.3) is 5.91 Å². The first-order valence-corrected chi connectivity index (χ1v) is 6.83. The lowest BCUT2D eigenvalue weighted by atomic mass is 10.2. The molecule has 1 aliphatic heterocycles. The highest BCUT2D eigenvalue weighted by Crippen LogP contribution is 2.16. The molecular weight excluding hydrogens is 345 g/mol. The second-order valence-corrected chi connectivity index (χ2v) is 5.52. The van der Waals surface area contributed by atoms with Gasteiger partial charge in [0.2, 0.25) is 0 Å². The van der Waals surface area contributed by atoms with Crippen LogP contribution < -0.4 is 0 Å². The van der Waals surface area contributed by atoms with E-state index < -0.39 is 0 Å². The summed E-state index contributed by atoms with van der Waals surface area (Å²) in [7, 11) is 0. The van der Waals surface area contributed by atoms with Gasteiger partial charge in [0, 0.05) is 24.8 Å². The van der Waals surface area contributed by atoms with Crippen LogP contribution in [-0.4, -0.2) is 44.5 Å². The van der Waals surface area contributed by atoms with Crippen molar-refractivity contribution in [3.05, 3.63) is 33.8 Å². The van der Waals surface area contributed by atoms with Crippen molar-refractivity contribution >= 4 is 34.1 Å². The van der Waals surface area contributed by atoms with Gasteiger partial charge in [-0.05, 0) is 41.1 Å². The summed E-state index contributed by atoms with van der Waals surface area (Å²) in [6.07, 6.45) is 3.90. The summed E-state index contributed by atoms with van der Waals surface area (Å²) in [6, 6.07) is 3.58. The number of hydrogen-bond donors (Lipinski definition) is 1. The first-order chi connectivity index (χ1) is 8.65. The second kappa shape index (κ2) is 4.51. The van der Waals surface area contributed by atoms with Crippen molar-refractivity contribution in [3.63, 3.8) is 0 Å². The number of likely N-dealkylation sites (tertiary alicyclic amines) is 1. The zero-order valence-electron chi connectivity index (χ0n) is 9.58. The monoisotopic (exact) mass is 357 g/mol. The number of carbonyl (C=O) groups is 1. The Balaban J connectivity index is 1.92. The lowest BCUT2D eigenvalue weighted by Crippen LogP contribution is -2.29. The Morgan fingerprint density at radius 3 is 3.11 bits per heavy atom. The molecule has 1 N–H and O–H groups in total. The van der Waals surface area contributed by atoms with Crippen molar-refractivity contribution in [3.8, 4) is 0 Å². The van der Waals surface area contributed by atoms with E-state index in [1.54, 1.807) is 23.2 Å². The van der Waals surface area contributed by atoms with Gasteiger partial charge < -0.3 is 10.0 Å². The third kappa shape index (κ3) is 1.99. The summed E-state index contributed by atoms with van der Waals surface area (Å²) in [5.41, 5.74) is 1.39. The highest BCUT2D eigenvalue weighted by molar-refractivity contribution is 14.1. The standard InChI is InChI=1S/C12H12IN3O2/c13-10-6-14-11-5-8(1-4-16(10)11)12(18)15-3-2-9(17)7-15/h1,4-6,9,17H,2-3,7H2. The highest BCUT2D eigenvalue weighted by atomic mass is 127. The summed E-state index contributed by atoms with van der Waals surface area (Å²) in [4.78, 5) is 18.1. The number of fused-ring (bicyclic) bond motifs is 1. The molecule has 3 heterocycles. The molecular formula is C12H12IN3O2. The number of hydrogen-bond acceptors (Lipinski definition) is 3. The van der Waals surface area contributed by atoms with E-state index in [9.17, 15) is 9.90 Å². The van der Waals surface area contributed by atoms with E-state index in [-0.39, 0.29) is 12.0 Å². The molecule has 2 aromatic heterocycles. The topological polar surface area (TPSA) is 57.8 Å². The normalized spacial score (nSPS) is 19.7. The molecule has 0 saturated carbocycles. The van der Waals surface area contributed by atoms with Crippen LogP contribution in [0.15, 0.2) is 24.5 Å².